The van der Waals surface area contributed by atoms with Crippen LogP contribution in [0.2, 0.25) is 39.3 Å². The van der Waals surface area contributed by atoms with Crippen LogP contribution in [0.25, 0.3) is 0 Å². The van der Waals surface area contributed by atoms with Gasteiger partial charge in [-0.25, -0.2) is 0 Å². The van der Waals surface area contributed by atoms with Crippen LogP contribution in [0, 0.1) is 0 Å². The van der Waals surface area contributed by atoms with Gasteiger partial charge in [0.2, 0.25) is 5.91 Å². The van der Waals surface area contributed by atoms with E-state index >= 15 is 0 Å². The molecule has 3 nitrogen and oxygen atoms in total. The van der Waals surface area contributed by atoms with Gasteiger partial charge < -0.3 is 10.5 Å². The van der Waals surface area contributed by atoms with Crippen molar-refractivity contribution < 1.29 is 9.53 Å². The Hall–Kier alpha value is -1.08. The molecule has 0 aromatic heterocycles. The molecule has 0 aliphatic heterocycles. The van der Waals surface area contributed by atoms with E-state index < -0.39 is 16.1 Å². The Morgan fingerprint density at radius 1 is 1.00 bits per heavy atom. The van der Waals surface area contributed by atoms with Crippen molar-refractivity contribution in [2.45, 2.75) is 39.3 Å². The van der Waals surface area contributed by atoms with Crippen LogP contribution in [0.5, 0.6) is 5.75 Å². The first-order valence-electron chi connectivity index (χ1n) is 6.52. The standard InChI is InChI=1S/C14H25NO2Si2/c1-17-11-9-8-10(14(15)16)12(18(2,3)4)13(11)19(5,6)7/h8-9H,1-7H3,(H2,15,16). The average molecular weight is 296 g/mol. The molecule has 0 saturated heterocycles. The molecule has 1 aromatic carbocycles. The Morgan fingerprint density at radius 2 is 1.47 bits per heavy atom. The smallest absolute Gasteiger partial charge is 0.248 e. The molecule has 0 heterocycles. The highest BCUT2D eigenvalue weighted by Gasteiger charge is 2.33. The largest absolute Gasteiger partial charge is 0.497 e. The predicted molar refractivity (Wildman–Crippen MR) is 87.5 cm³/mol. The highest BCUT2D eigenvalue weighted by molar-refractivity contribution is 6.99. The fraction of sp³-hybridized carbons (Fsp3) is 0.500. The van der Waals surface area contributed by atoms with Crippen LogP contribution >= 0.6 is 0 Å². The number of rotatable bonds is 4. The lowest BCUT2D eigenvalue weighted by Gasteiger charge is -2.31. The Balaban J connectivity index is 3.83. The Labute approximate surface area is 118 Å². The van der Waals surface area contributed by atoms with Gasteiger partial charge in [-0.05, 0) is 22.5 Å². The summed E-state index contributed by atoms with van der Waals surface area (Å²) in [4.78, 5) is 11.8. The van der Waals surface area contributed by atoms with Crippen LogP contribution in [0.15, 0.2) is 12.1 Å². The molecule has 0 aliphatic carbocycles. The number of ether oxygens (including phenoxy) is 1. The zero-order valence-electron chi connectivity index (χ0n) is 13.0. The number of hydrogen-bond donors (Lipinski definition) is 1. The number of carbonyl (C=O) groups is 1. The van der Waals surface area contributed by atoms with Gasteiger partial charge in [0.1, 0.15) is 5.75 Å². The molecule has 0 radical (unpaired) electrons. The predicted octanol–water partition coefficient (Wildman–Crippen LogP) is 1.88. The summed E-state index contributed by atoms with van der Waals surface area (Å²) in [6.07, 6.45) is 0. The summed E-state index contributed by atoms with van der Waals surface area (Å²) in [5, 5.41) is 2.43. The van der Waals surface area contributed by atoms with Crippen molar-refractivity contribution in [2.75, 3.05) is 7.11 Å². The van der Waals surface area contributed by atoms with E-state index in [0.717, 1.165) is 5.75 Å². The molecule has 0 fully saturated rings. The first kappa shape index (κ1) is 16.0. The summed E-state index contributed by atoms with van der Waals surface area (Å²) in [7, 11) is -1.63. The molecule has 0 atom stereocenters. The highest BCUT2D eigenvalue weighted by Crippen LogP contribution is 2.18. The van der Waals surface area contributed by atoms with Crippen molar-refractivity contribution in [2.24, 2.45) is 5.73 Å². The first-order valence-corrected chi connectivity index (χ1v) is 13.5. The Morgan fingerprint density at radius 3 is 1.79 bits per heavy atom. The minimum absolute atomic E-state index is 0.334. The Bertz CT molecular complexity index is 499. The molecule has 1 amide bonds. The summed E-state index contributed by atoms with van der Waals surface area (Å²) in [6, 6.07) is 3.70. The van der Waals surface area contributed by atoms with E-state index in [4.69, 9.17) is 10.5 Å². The van der Waals surface area contributed by atoms with Crippen LogP contribution in [0.1, 0.15) is 10.4 Å². The SMILES string of the molecule is COc1ccc(C(N)=O)c([Si](C)(C)C)c1[Si](C)(C)C. The van der Waals surface area contributed by atoms with E-state index in [1.165, 1.54) is 10.4 Å². The van der Waals surface area contributed by atoms with Gasteiger partial charge in [-0.15, -0.1) is 0 Å². The molecule has 106 valence electrons. The summed E-state index contributed by atoms with van der Waals surface area (Å²) in [6.45, 7) is 13.6. The first-order chi connectivity index (χ1) is 8.50. The third-order valence-corrected chi connectivity index (χ3v) is 7.42. The second-order valence-corrected chi connectivity index (χ2v) is 16.9. The minimum Gasteiger partial charge on any atom is -0.497 e. The summed E-state index contributed by atoms with van der Waals surface area (Å²) >= 11 is 0. The molecule has 0 spiro atoms. The lowest BCUT2D eigenvalue weighted by Crippen LogP contribution is -2.59. The normalized spacial score (nSPS) is 12.4. The molecule has 0 bridgehead atoms. The molecule has 0 unspecified atom stereocenters. The van der Waals surface area contributed by atoms with Gasteiger partial charge in [0.15, 0.2) is 0 Å². The zero-order valence-corrected chi connectivity index (χ0v) is 15.0. The van der Waals surface area contributed by atoms with Crippen LogP contribution in [0.3, 0.4) is 0 Å². The van der Waals surface area contributed by atoms with Gasteiger partial charge in [-0.3, -0.25) is 4.79 Å². The molecule has 2 N–H and O–H groups in total. The average Bonchev–Trinajstić information content (AvgIpc) is 2.24. The maximum absolute atomic E-state index is 11.8. The van der Waals surface area contributed by atoms with E-state index in [0.29, 0.717) is 5.56 Å². The molecular formula is C14H25NO2Si2. The molecule has 0 aliphatic rings. The van der Waals surface area contributed by atoms with Gasteiger partial charge >= 0.3 is 0 Å². The number of nitrogens with two attached hydrogens (primary N) is 1. The third kappa shape index (κ3) is 3.28. The monoisotopic (exact) mass is 295 g/mol. The molecule has 19 heavy (non-hydrogen) atoms. The molecule has 0 saturated carbocycles. The van der Waals surface area contributed by atoms with E-state index in [1.54, 1.807) is 7.11 Å². The second-order valence-electron chi connectivity index (χ2n) is 6.93. The number of primary amides is 1. The topological polar surface area (TPSA) is 52.3 Å². The summed E-state index contributed by atoms with van der Waals surface area (Å²) < 4.78 is 5.55. The molecule has 5 heteroatoms. The van der Waals surface area contributed by atoms with Crippen LogP contribution in [0.4, 0.5) is 0 Å². The molecule has 1 aromatic rings. The zero-order chi connectivity index (χ0) is 15.0. The second kappa shape index (κ2) is 5.13. The van der Waals surface area contributed by atoms with Crippen LogP contribution < -0.4 is 20.8 Å². The summed E-state index contributed by atoms with van der Waals surface area (Å²) in [5.74, 6) is 0.571. The quantitative estimate of drug-likeness (QED) is 0.862. The Kier molecular flexibility index (Phi) is 4.31. The lowest BCUT2D eigenvalue weighted by molar-refractivity contribution is 0.100. The van der Waals surface area contributed by atoms with E-state index in [2.05, 4.69) is 39.3 Å². The molecule has 1 rings (SSSR count). The molecular weight excluding hydrogens is 270 g/mol. The van der Waals surface area contributed by atoms with Crippen LogP contribution in [-0.4, -0.2) is 29.2 Å². The fourth-order valence-electron chi connectivity index (χ4n) is 2.48. The maximum Gasteiger partial charge on any atom is 0.248 e. The highest BCUT2D eigenvalue weighted by atomic mass is 28.3. The number of carbonyl (C=O) groups excluding carboxylic acids is 1. The lowest BCUT2D eigenvalue weighted by atomic mass is 10.2. The van der Waals surface area contributed by atoms with Gasteiger partial charge in [0, 0.05) is 5.56 Å². The summed E-state index contributed by atoms with van der Waals surface area (Å²) in [5.41, 5.74) is 6.25. The third-order valence-electron chi connectivity index (χ3n) is 3.15. The fourth-order valence-corrected chi connectivity index (χ4v) is 8.43. The van der Waals surface area contributed by atoms with E-state index in [-0.39, 0.29) is 5.91 Å². The van der Waals surface area contributed by atoms with Crippen molar-refractivity contribution >= 4 is 32.4 Å². The van der Waals surface area contributed by atoms with E-state index in [9.17, 15) is 4.79 Å². The van der Waals surface area contributed by atoms with Gasteiger partial charge in [0.05, 0.1) is 23.3 Å². The van der Waals surface area contributed by atoms with Gasteiger partial charge in [-0.1, -0.05) is 39.3 Å². The van der Waals surface area contributed by atoms with Crippen molar-refractivity contribution in [1.29, 1.82) is 0 Å². The van der Waals surface area contributed by atoms with E-state index in [1.807, 2.05) is 12.1 Å². The number of benzene rings is 1. The minimum atomic E-state index is -1.69. The number of hydrogen-bond acceptors (Lipinski definition) is 2. The van der Waals surface area contributed by atoms with Crippen molar-refractivity contribution in [1.82, 2.24) is 0 Å². The van der Waals surface area contributed by atoms with Crippen molar-refractivity contribution in [3.05, 3.63) is 17.7 Å². The number of amides is 1. The van der Waals surface area contributed by atoms with Gasteiger partial charge in [-0.2, -0.15) is 0 Å². The van der Waals surface area contributed by atoms with Crippen molar-refractivity contribution in [3.8, 4) is 5.75 Å². The number of methoxy groups -OCH3 is 1. The van der Waals surface area contributed by atoms with Crippen LogP contribution in [-0.2, 0) is 0 Å². The van der Waals surface area contributed by atoms with Crippen molar-refractivity contribution in [3.63, 3.8) is 0 Å². The van der Waals surface area contributed by atoms with Gasteiger partial charge in [0.25, 0.3) is 0 Å². The maximum atomic E-state index is 11.8.